The van der Waals surface area contributed by atoms with Crippen molar-refractivity contribution in [1.29, 1.82) is 0 Å². The molecule has 0 spiro atoms. The van der Waals surface area contributed by atoms with Crippen LogP contribution in [-0.2, 0) is 9.57 Å². The summed E-state index contributed by atoms with van der Waals surface area (Å²) in [6, 6.07) is 5.04. The van der Waals surface area contributed by atoms with E-state index < -0.39 is 0 Å². The van der Waals surface area contributed by atoms with Crippen LogP contribution >= 0.6 is 0 Å². The Balaban J connectivity index is 1.82. The summed E-state index contributed by atoms with van der Waals surface area (Å²) in [6.45, 7) is 4.77. The third-order valence-electron chi connectivity index (χ3n) is 3.93. The topological polar surface area (TPSA) is 63.8 Å². The smallest absolute Gasteiger partial charge is 0.165 e. The van der Waals surface area contributed by atoms with E-state index >= 15 is 0 Å². The van der Waals surface area contributed by atoms with Crippen molar-refractivity contribution in [3.05, 3.63) is 29.6 Å². The van der Waals surface area contributed by atoms with Gasteiger partial charge in [-0.1, -0.05) is 6.07 Å². The minimum absolute atomic E-state index is 0.0251. The summed E-state index contributed by atoms with van der Waals surface area (Å²) >= 11 is 0. The molecule has 0 radical (unpaired) electrons. The zero-order valence-corrected chi connectivity index (χ0v) is 14.4. The van der Waals surface area contributed by atoms with E-state index in [1.165, 1.54) is 6.07 Å². The molecule has 1 aromatic rings. The molecule has 1 saturated heterocycles. The van der Waals surface area contributed by atoms with E-state index in [2.05, 4.69) is 16.3 Å². The second kappa shape index (κ2) is 10.6. The molecule has 0 bridgehead atoms. The summed E-state index contributed by atoms with van der Waals surface area (Å²) in [7, 11) is 1.74. The van der Waals surface area contributed by atoms with Gasteiger partial charge in [-0.3, -0.25) is 10.9 Å². The van der Waals surface area contributed by atoms with Crippen molar-refractivity contribution < 1.29 is 18.7 Å². The molecule has 136 valence electrons. The Morgan fingerprint density at radius 3 is 2.88 bits per heavy atom. The van der Waals surface area contributed by atoms with Gasteiger partial charge in [0.25, 0.3) is 0 Å². The van der Waals surface area contributed by atoms with Crippen molar-refractivity contribution in [2.24, 2.45) is 0 Å². The van der Waals surface area contributed by atoms with Gasteiger partial charge in [-0.05, 0) is 31.0 Å². The summed E-state index contributed by atoms with van der Waals surface area (Å²) in [6.07, 6.45) is 2.50. The molecular weight excluding hydrogens is 313 g/mol. The molecule has 1 aliphatic heterocycles. The molecule has 2 rings (SSSR count). The van der Waals surface area contributed by atoms with Gasteiger partial charge in [0.1, 0.15) is 6.10 Å². The fourth-order valence-electron chi connectivity index (χ4n) is 2.50. The summed E-state index contributed by atoms with van der Waals surface area (Å²) in [5.74, 6) is -0.00918. The van der Waals surface area contributed by atoms with Crippen LogP contribution in [0, 0.1) is 5.82 Å². The van der Waals surface area contributed by atoms with E-state index in [0.717, 1.165) is 31.4 Å². The second-order valence-corrected chi connectivity index (χ2v) is 5.82. The standard InChI is InChI=1S/C17H28FN3O3/c1-13(21-20-8-3-9-23-19-2)14-4-5-16(18)17(12-14)24-15-6-10-22-11-7-15/h4-5,12-13,15,19-21H,3,6-11H2,1-2H3. The third-order valence-corrected chi connectivity index (χ3v) is 3.93. The minimum atomic E-state index is -0.324. The lowest BCUT2D eigenvalue weighted by Gasteiger charge is -2.24. The molecule has 0 aromatic heterocycles. The molecule has 1 aromatic carbocycles. The maximum atomic E-state index is 14.0. The molecule has 1 unspecified atom stereocenters. The van der Waals surface area contributed by atoms with Crippen LogP contribution in [0.5, 0.6) is 5.75 Å². The Morgan fingerprint density at radius 1 is 1.33 bits per heavy atom. The number of hydrazine groups is 1. The molecule has 0 saturated carbocycles. The van der Waals surface area contributed by atoms with Gasteiger partial charge in [0.2, 0.25) is 0 Å². The van der Waals surface area contributed by atoms with Crippen molar-refractivity contribution in [3.63, 3.8) is 0 Å². The molecule has 0 aliphatic carbocycles. The number of hydroxylamine groups is 1. The molecule has 1 atom stereocenters. The van der Waals surface area contributed by atoms with Crippen LogP contribution in [0.4, 0.5) is 4.39 Å². The maximum Gasteiger partial charge on any atom is 0.165 e. The van der Waals surface area contributed by atoms with E-state index in [4.69, 9.17) is 14.3 Å². The molecule has 0 amide bonds. The predicted octanol–water partition coefficient (Wildman–Crippen LogP) is 2.08. The molecular formula is C17H28FN3O3. The average molecular weight is 341 g/mol. The summed E-state index contributed by atoms with van der Waals surface area (Å²) in [4.78, 5) is 5.04. The first-order valence-electron chi connectivity index (χ1n) is 8.51. The van der Waals surface area contributed by atoms with Gasteiger partial charge in [0, 0.05) is 32.5 Å². The van der Waals surface area contributed by atoms with Crippen LogP contribution in [0.15, 0.2) is 18.2 Å². The number of ether oxygens (including phenoxy) is 2. The number of benzene rings is 1. The van der Waals surface area contributed by atoms with Gasteiger partial charge in [-0.2, -0.15) is 0 Å². The molecule has 1 aliphatic rings. The lowest BCUT2D eigenvalue weighted by Crippen LogP contribution is -2.35. The molecule has 24 heavy (non-hydrogen) atoms. The van der Waals surface area contributed by atoms with E-state index in [1.54, 1.807) is 19.2 Å². The normalized spacial score (nSPS) is 17.0. The average Bonchev–Trinajstić information content (AvgIpc) is 2.60. The van der Waals surface area contributed by atoms with Crippen LogP contribution in [0.1, 0.15) is 37.8 Å². The van der Waals surface area contributed by atoms with Crippen molar-refractivity contribution in [2.75, 3.05) is 33.4 Å². The van der Waals surface area contributed by atoms with E-state index in [1.807, 2.05) is 6.92 Å². The first-order valence-corrected chi connectivity index (χ1v) is 8.51. The zero-order valence-electron chi connectivity index (χ0n) is 14.4. The highest BCUT2D eigenvalue weighted by molar-refractivity contribution is 5.32. The largest absolute Gasteiger partial charge is 0.487 e. The van der Waals surface area contributed by atoms with Gasteiger partial charge in [0.05, 0.1) is 19.8 Å². The van der Waals surface area contributed by atoms with Gasteiger partial charge in [-0.25, -0.2) is 9.87 Å². The number of nitrogens with one attached hydrogen (secondary N) is 3. The SMILES string of the molecule is CNOCCCNNC(C)c1ccc(F)c(OC2CCOCC2)c1. The fraction of sp³-hybridized carbons (Fsp3) is 0.647. The Hall–Kier alpha value is -1.25. The molecule has 1 fully saturated rings. The lowest BCUT2D eigenvalue weighted by molar-refractivity contribution is 0.0240. The Labute approximate surface area is 143 Å². The Morgan fingerprint density at radius 2 is 2.12 bits per heavy atom. The monoisotopic (exact) mass is 341 g/mol. The fourth-order valence-corrected chi connectivity index (χ4v) is 2.50. The number of rotatable bonds is 10. The molecule has 3 N–H and O–H groups in total. The van der Waals surface area contributed by atoms with Gasteiger partial charge < -0.3 is 14.3 Å². The van der Waals surface area contributed by atoms with Crippen molar-refractivity contribution >= 4 is 0 Å². The van der Waals surface area contributed by atoms with Crippen molar-refractivity contribution in [1.82, 2.24) is 16.3 Å². The number of halogens is 1. The first-order chi connectivity index (χ1) is 11.7. The first kappa shape index (κ1) is 19.1. The Kier molecular flexibility index (Phi) is 8.41. The quantitative estimate of drug-likeness (QED) is 0.447. The lowest BCUT2D eigenvalue weighted by atomic mass is 10.1. The predicted molar refractivity (Wildman–Crippen MR) is 90.1 cm³/mol. The van der Waals surface area contributed by atoms with Crippen LogP contribution < -0.4 is 21.1 Å². The van der Waals surface area contributed by atoms with Crippen LogP contribution in [-0.4, -0.2) is 39.5 Å². The maximum absolute atomic E-state index is 14.0. The van der Waals surface area contributed by atoms with Crippen molar-refractivity contribution in [2.45, 2.75) is 38.3 Å². The highest BCUT2D eigenvalue weighted by Crippen LogP contribution is 2.25. The zero-order chi connectivity index (χ0) is 17.2. The summed E-state index contributed by atoms with van der Waals surface area (Å²) < 4.78 is 25.1. The number of hydrogen-bond donors (Lipinski definition) is 3. The molecule has 1 heterocycles. The second-order valence-electron chi connectivity index (χ2n) is 5.82. The number of hydrogen-bond acceptors (Lipinski definition) is 6. The van der Waals surface area contributed by atoms with E-state index in [-0.39, 0.29) is 18.0 Å². The van der Waals surface area contributed by atoms with Gasteiger partial charge in [-0.15, -0.1) is 0 Å². The van der Waals surface area contributed by atoms with Crippen LogP contribution in [0.2, 0.25) is 0 Å². The highest BCUT2D eigenvalue weighted by Gasteiger charge is 2.18. The summed E-state index contributed by atoms with van der Waals surface area (Å²) in [5.41, 5.74) is 9.95. The van der Waals surface area contributed by atoms with E-state index in [9.17, 15) is 4.39 Å². The minimum Gasteiger partial charge on any atom is -0.487 e. The third kappa shape index (κ3) is 6.33. The van der Waals surface area contributed by atoms with Crippen LogP contribution in [0.25, 0.3) is 0 Å². The molecule has 6 nitrogen and oxygen atoms in total. The summed E-state index contributed by atoms with van der Waals surface area (Å²) in [5, 5.41) is 0. The van der Waals surface area contributed by atoms with Gasteiger partial charge in [0.15, 0.2) is 11.6 Å². The highest BCUT2D eigenvalue weighted by atomic mass is 19.1. The molecule has 7 heteroatoms. The van der Waals surface area contributed by atoms with Crippen molar-refractivity contribution in [3.8, 4) is 5.75 Å². The Bertz CT molecular complexity index is 484. The van der Waals surface area contributed by atoms with Gasteiger partial charge >= 0.3 is 0 Å². The van der Waals surface area contributed by atoms with E-state index in [0.29, 0.717) is 25.6 Å². The van der Waals surface area contributed by atoms with Crippen LogP contribution in [0.3, 0.4) is 0 Å².